The molecule has 0 atom stereocenters. The minimum atomic E-state index is 0. The highest BCUT2D eigenvalue weighted by atomic mass is 127. The van der Waals surface area contributed by atoms with Gasteiger partial charge in [-0.2, -0.15) is 0 Å². The Morgan fingerprint density at radius 1 is 1.10 bits per heavy atom. The smallest absolute Gasteiger partial charge is 0.221 e. The summed E-state index contributed by atoms with van der Waals surface area (Å²) in [7, 11) is 0. The summed E-state index contributed by atoms with van der Waals surface area (Å²) in [6, 6.07) is 0.390. The van der Waals surface area contributed by atoms with Gasteiger partial charge >= 0.3 is 0 Å². The molecule has 122 valence electrons. The zero-order valence-corrected chi connectivity index (χ0v) is 15.1. The Bertz CT molecular complexity index is 339. The van der Waals surface area contributed by atoms with Crippen LogP contribution in [0.15, 0.2) is 4.99 Å². The maximum Gasteiger partial charge on any atom is 0.221 e. The van der Waals surface area contributed by atoms with Crippen LogP contribution in [0.3, 0.4) is 0 Å². The van der Waals surface area contributed by atoms with Gasteiger partial charge in [0.05, 0.1) is 0 Å². The fraction of sp³-hybridized carbons (Fsp3) is 0.867. The van der Waals surface area contributed by atoms with E-state index in [2.05, 4.69) is 15.6 Å². The number of aliphatic imine (C=N–C) groups is 1. The number of halogens is 1. The molecule has 0 aliphatic heterocycles. The van der Waals surface area contributed by atoms with E-state index in [1.54, 1.807) is 0 Å². The maximum absolute atomic E-state index is 11.8. The molecule has 2 rings (SSSR count). The molecule has 2 fully saturated rings. The molecule has 0 aromatic carbocycles. The lowest BCUT2D eigenvalue weighted by atomic mass is 9.86. The third-order valence-electron chi connectivity index (χ3n) is 4.37. The van der Waals surface area contributed by atoms with Crippen molar-refractivity contribution in [1.29, 1.82) is 0 Å². The Labute approximate surface area is 144 Å². The molecule has 1 amide bonds. The van der Waals surface area contributed by atoms with Crippen LogP contribution in [-0.2, 0) is 4.79 Å². The highest BCUT2D eigenvalue weighted by Crippen LogP contribution is 2.26. The normalized spacial score (nSPS) is 20.3. The first-order valence-corrected chi connectivity index (χ1v) is 8.07. The highest BCUT2D eigenvalue weighted by molar-refractivity contribution is 14.0. The molecule has 0 spiro atoms. The summed E-state index contributed by atoms with van der Waals surface area (Å²) in [5.41, 5.74) is 5.78. The molecule has 0 saturated heterocycles. The zero-order valence-electron chi connectivity index (χ0n) is 12.8. The average Bonchev–Trinajstić information content (AvgIpc) is 2.38. The molecular formula is C15H29IN4O. The Morgan fingerprint density at radius 3 is 2.43 bits per heavy atom. The van der Waals surface area contributed by atoms with Gasteiger partial charge in [0, 0.05) is 25.6 Å². The van der Waals surface area contributed by atoms with Crippen LogP contribution in [0.5, 0.6) is 0 Å². The third kappa shape index (κ3) is 7.33. The molecule has 0 heterocycles. The largest absolute Gasteiger partial charge is 0.370 e. The molecule has 0 aromatic rings. The van der Waals surface area contributed by atoms with Crippen LogP contribution in [0.25, 0.3) is 0 Å². The van der Waals surface area contributed by atoms with Gasteiger partial charge in [0.1, 0.15) is 0 Å². The van der Waals surface area contributed by atoms with Crippen molar-refractivity contribution in [3.8, 4) is 0 Å². The standard InChI is InChI=1S/C15H28N4O.HI/c16-15(18-11-12-5-4-6-12)17-10-9-14(20)19-13-7-2-1-3-8-13;/h12-13H,1-11H2,(H,19,20)(H3,16,17,18);1H. The van der Waals surface area contributed by atoms with Crippen LogP contribution in [0.1, 0.15) is 57.8 Å². The summed E-state index contributed by atoms with van der Waals surface area (Å²) >= 11 is 0. The molecule has 2 aliphatic carbocycles. The first kappa shape index (κ1) is 18.5. The SMILES string of the molecule is I.NC(=NCC1CCC1)NCCC(=O)NC1CCCCC1. The second-order valence-electron chi connectivity index (χ2n) is 6.10. The fourth-order valence-corrected chi connectivity index (χ4v) is 2.81. The maximum atomic E-state index is 11.8. The van der Waals surface area contributed by atoms with Gasteiger partial charge < -0.3 is 16.4 Å². The summed E-state index contributed by atoms with van der Waals surface area (Å²) in [5.74, 6) is 1.32. The number of rotatable bonds is 6. The lowest BCUT2D eigenvalue weighted by molar-refractivity contribution is -0.121. The van der Waals surface area contributed by atoms with Crippen LogP contribution in [0.4, 0.5) is 0 Å². The number of guanidine groups is 1. The van der Waals surface area contributed by atoms with Crippen LogP contribution >= 0.6 is 24.0 Å². The van der Waals surface area contributed by atoms with E-state index in [9.17, 15) is 4.79 Å². The Morgan fingerprint density at radius 2 is 1.81 bits per heavy atom. The number of nitrogens with one attached hydrogen (secondary N) is 2. The van der Waals surface area contributed by atoms with Gasteiger partial charge in [-0.1, -0.05) is 25.7 Å². The van der Waals surface area contributed by atoms with Crippen LogP contribution in [-0.4, -0.2) is 31.0 Å². The first-order valence-electron chi connectivity index (χ1n) is 8.07. The van der Waals surface area contributed by atoms with Crippen LogP contribution in [0.2, 0.25) is 0 Å². The van der Waals surface area contributed by atoms with Crippen molar-refractivity contribution in [2.45, 2.75) is 63.8 Å². The topological polar surface area (TPSA) is 79.5 Å². The lowest BCUT2D eigenvalue weighted by Gasteiger charge is -2.23. The van der Waals surface area contributed by atoms with E-state index < -0.39 is 0 Å². The zero-order chi connectivity index (χ0) is 14.2. The van der Waals surface area contributed by atoms with Crippen molar-refractivity contribution in [3.63, 3.8) is 0 Å². The number of hydrogen-bond donors (Lipinski definition) is 3. The molecule has 0 aromatic heterocycles. The van der Waals surface area contributed by atoms with Gasteiger partial charge in [0.15, 0.2) is 5.96 Å². The minimum Gasteiger partial charge on any atom is -0.370 e. The lowest BCUT2D eigenvalue weighted by Crippen LogP contribution is -2.39. The molecule has 0 bridgehead atoms. The fourth-order valence-electron chi connectivity index (χ4n) is 2.81. The Balaban J connectivity index is 0.00000220. The summed E-state index contributed by atoms with van der Waals surface area (Å²) < 4.78 is 0. The molecule has 21 heavy (non-hydrogen) atoms. The number of hydrogen-bond acceptors (Lipinski definition) is 2. The van der Waals surface area contributed by atoms with Gasteiger partial charge in [-0.25, -0.2) is 0 Å². The predicted molar refractivity (Wildman–Crippen MR) is 96.9 cm³/mol. The van der Waals surface area contributed by atoms with E-state index in [0.29, 0.717) is 25.0 Å². The van der Waals surface area contributed by atoms with E-state index in [4.69, 9.17) is 5.73 Å². The number of carbonyl (C=O) groups excluding carboxylic acids is 1. The van der Waals surface area contributed by atoms with Crippen molar-refractivity contribution in [2.75, 3.05) is 13.1 Å². The van der Waals surface area contributed by atoms with Crippen LogP contribution < -0.4 is 16.4 Å². The number of nitrogens with two attached hydrogens (primary N) is 1. The van der Waals surface area contributed by atoms with Crippen molar-refractivity contribution in [1.82, 2.24) is 10.6 Å². The number of carbonyl (C=O) groups is 1. The van der Waals surface area contributed by atoms with Gasteiger partial charge in [-0.3, -0.25) is 9.79 Å². The molecule has 2 aliphatic rings. The molecule has 2 saturated carbocycles. The second kappa shape index (κ2) is 10.2. The van der Waals surface area contributed by atoms with Crippen molar-refractivity contribution < 1.29 is 4.79 Å². The first-order chi connectivity index (χ1) is 9.74. The Hall–Kier alpha value is -0.530. The summed E-state index contributed by atoms with van der Waals surface area (Å²) in [5, 5.41) is 6.12. The van der Waals surface area contributed by atoms with E-state index >= 15 is 0 Å². The summed E-state index contributed by atoms with van der Waals surface area (Å²) in [6.07, 6.45) is 10.4. The van der Waals surface area contributed by atoms with Gasteiger partial charge in [0.25, 0.3) is 0 Å². The molecule has 0 radical (unpaired) electrons. The molecule has 6 heteroatoms. The van der Waals surface area contributed by atoms with Crippen LogP contribution in [0, 0.1) is 5.92 Å². The molecular weight excluding hydrogens is 379 g/mol. The van der Waals surface area contributed by atoms with E-state index in [0.717, 1.165) is 25.3 Å². The minimum absolute atomic E-state index is 0. The van der Waals surface area contributed by atoms with E-state index in [1.807, 2.05) is 0 Å². The molecule has 4 N–H and O–H groups in total. The average molecular weight is 408 g/mol. The van der Waals surface area contributed by atoms with Crippen molar-refractivity contribution in [2.24, 2.45) is 16.6 Å². The molecule has 5 nitrogen and oxygen atoms in total. The highest BCUT2D eigenvalue weighted by Gasteiger charge is 2.17. The molecule has 0 unspecified atom stereocenters. The number of nitrogens with zero attached hydrogens (tertiary/aromatic N) is 1. The van der Waals surface area contributed by atoms with Crippen molar-refractivity contribution in [3.05, 3.63) is 0 Å². The number of amides is 1. The Kier molecular flexibility index (Phi) is 9.03. The van der Waals surface area contributed by atoms with E-state index in [-0.39, 0.29) is 29.9 Å². The van der Waals surface area contributed by atoms with Gasteiger partial charge in [-0.05, 0) is 31.6 Å². The van der Waals surface area contributed by atoms with Crippen molar-refractivity contribution >= 4 is 35.8 Å². The second-order valence-corrected chi connectivity index (χ2v) is 6.10. The van der Waals surface area contributed by atoms with E-state index in [1.165, 1.54) is 38.5 Å². The van der Waals surface area contributed by atoms with Gasteiger partial charge in [-0.15, -0.1) is 24.0 Å². The third-order valence-corrected chi connectivity index (χ3v) is 4.37. The predicted octanol–water partition coefficient (Wildman–Crippen LogP) is 2.15. The van der Waals surface area contributed by atoms with Gasteiger partial charge in [0.2, 0.25) is 5.91 Å². The summed E-state index contributed by atoms with van der Waals surface area (Å²) in [4.78, 5) is 16.1. The summed E-state index contributed by atoms with van der Waals surface area (Å²) in [6.45, 7) is 1.39. The quantitative estimate of drug-likeness (QED) is 0.358. The monoisotopic (exact) mass is 408 g/mol.